The number of anilines is 2. The predicted molar refractivity (Wildman–Crippen MR) is 183 cm³/mol. The number of ether oxygens (including phenoxy) is 2. The van der Waals surface area contributed by atoms with Gasteiger partial charge in [0.1, 0.15) is 17.4 Å². The van der Waals surface area contributed by atoms with Crippen LogP contribution in [0.15, 0.2) is 97.1 Å². The van der Waals surface area contributed by atoms with Crippen LogP contribution >= 0.6 is 0 Å². The van der Waals surface area contributed by atoms with E-state index in [-0.39, 0.29) is 24.3 Å². The second-order valence-corrected chi connectivity index (χ2v) is 13.5. The molecule has 3 aliphatic rings. The lowest BCUT2D eigenvalue weighted by Crippen LogP contribution is -2.57. The molecule has 0 radical (unpaired) electrons. The maximum absolute atomic E-state index is 14.8. The summed E-state index contributed by atoms with van der Waals surface area (Å²) in [5, 5.41) is 18.9. The fourth-order valence-corrected chi connectivity index (χ4v) is 8.41. The van der Waals surface area contributed by atoms with Crippen molar-refractivity contribution >= 4 is 39.9 Å². The molecule has 4 aromatic rings. The number of amides is 3. The number of aliphatic hydroxyl groups excluding tert-OH is 1. The smallest absolute Gasteiger partial charge is 0.250 e. The van der Waals surface area contributed by atoms with E-state index in [4.69, 9.17) is 9.47 Å². The van der Waals surface area contributed by atoms with E-state index in [0.29, 0.717) is 36.6 Å². The van der Waals surface area contributed by atoms with Gasteiger partial charge in [-0.25, -0.2) is 0 Å². The third-order valence-corrected chi connectivity index (χ3v) is 10.7. The van der Waals surface area contributed by atoms with E-state index in [1.807, 2.05) is 93.6 Å². The van der Waals surface area contributed by atoms with Gasteiger partial charge in [-0.05, 0) is 85.3 Å². The molecule has 248 valence electrons. The highest BCUT2D eigenvalue weighted by atomic mass is 16.5. The normalized spacial score (nSPS) is 27.9. The number of carbonyl (C=O) groups excluding carboxylic acids is 3. The number of benzene rings is 4. The maximum Gasteiger partial charge on any atom is 0.250 e. The number of nitrogens with zero attached hydrogens (tertiary/aromatic N) is 1. The van der Waals surface area contributed by atoms with Gasteiger partial charge in [0.15, 0.2) is 0 Å². The van der Waals surface area contributed by atoms with Gasteiger partial charge in [-0.3, -0.25) is 14.4 Å². The molecular weight excluding hydrogens is 606 g/mol. The quantitative estimate of drug-likeness (QED) is 0.211. The van der Waals surface area contributed by atoms with Crippen LogP contribution in [0.3, 0.4) is 0 Å². The Bertz CT molecular complexity index is 1850. The molecule has 3 unspecified atom stereocenters. The molecule has 9 nitrogen and oxygen atoms in total. The topological polar surface area (TPSA) is 117 Å². The summed E-state index contributed by atoms with van der Waals surface area (Å²) in [6, 6.07) is 28.5. The monoisotopic (exact) mass is 647 g/mol. The van der Waals surface area contributed by atoms with E-state index in [1.54, 1.807) is 24.3 Å². The maximum atomic E-state index is 14.8. The summed E-state index contributed by atoms with van der Waals surface area (Å²) >= 11 is 0. The molecular formula is C39H41N3O6. The van der Waals surface area contributed by atoms with Gasteiger partial charge in [-0.15, -0.1) is 0 Å². The van der Waals surface area contributed by atoms with Crippen molar-refractivity contribution in [3.63, 3.8) is 0 Å². The van der Waals surface area contributed by atoms with Crippen molar-refractivity contribution in [2.45, 2.75) is 56.9 Å². The van der Waals surface area contributed by atoms with E-state index in [1.165, 1.54) is 4.90 Å². The highest BCUT2D eigenvalue weighted by Crippen LogP contribution is 2.65. The Morgan fingerprint density at radius 2 is 1.60 bits per heavy atom. The number of rotatable bonds is 10. The first kappa shape index (κ1) is 31.8. The lowest BCUT2D eigenvalue weighted by molar-refractivity contribution is -0.147. The highest BCUT2D eigenvalue weighted by molar-refractivity contribution is 6.06. The average molecular weight is 648 g/mol. The number of hydrogen-bond acceptors (Lipinski definition) is 6. The van der Waals surface area contributed by atoms with Crippen molar-refractivity contribution < 1.29 is 29.0 Å². The van der Waals surface area contributed by atoms with E-state index in [9.17, 15) is 19.5 Å². The molecule has 3 amide bonds. The number of aliphatic hydroxyl groups is 1. The Balaban J connectivity index is 1.27. The van der Waals surface area contributed by atoms with Crippen LogP contribution in [0.1, 0.15) is 32.8 Å². The van der Waals surface area contributed by atoms with Gasteiger partial charge >= 0.3 is 0 Å². The van der Waals surface area contributed by atoms with Crippen LogP contribution in [0.2, 0.25) is 0 Å². The summed E-state index contributed by atoms with van der Waals surface area (Å²) in [7, 11) is 0. The Kier molecular flexibility index (Phi) is 8.21. The number of carbonyl (C=O) groups is 3. The molecule has 3 aliphatic heterocycles. The van der Waals surface area contributed by atoms with Gasteiger partial charge in [-0.1, -0.05) is 67.6 Å². The molecule has 3 heterocycles. The first-order chi connectivity index (χ1) is 23.2. The van der Waals surface area contributed by atoms with Crippen molar-refractivity contribution in [3.05, 3.63) is 103 Å². The molecule has 0 aliphatic carbocycles. The third-order valence-electron chi connectivity index (χ3n) is 10.7. The zero-order valence-corrected chi connectivity index (χ0v) is 27.4. The molecule has 0 saturated carbocycles. The molecule has 48 heavy (non-hydrogen) atoms. The zero-order valence-electron chi connectivity index (χ0n) is 27.4. The van der Waals surface area contributed by atoms with Crippen LogP contribution in [0.5, 0.6) is 5.75 Å². The van der Waals surface area contributed by atoms with Gasteiger partial charge in [-0.2, -0.15) is 0 Å². The summed E-state index contributed by atoms with van der Waals surface area (Å²) in [6.07, 6.45) is 0.754. The van der Waals surface area contributed by atoms with Crippen molar-refractivity contribution in [2.24, 2.45) is 17.8 Å². The Labute approximate surface area is 280 Å². The Hall–Kier alpha value is -4.73. The van der Waals surface area contributed by atoms with Crippen LogP contribution in [-0.2, 0) is 25.5 Å². The summed E-state index contributed by atoms with van der Waals surface area (Å²) in [5.41, 5.74) is -0.176. The lowest BCUT2D eigenvalue weighted by Gasteiger charge is -2.37. The van der Waals surface area contributed by atoms with Gasteiger partial charge in [0, 0.05) is 11.4 Å². The first-order valence-corrected chi connectivity index (χ1v) is 16.7. The van der Waals surface area contributed by atoms with Crippen LogP contribution in [0, 0.1) is 17.8 Å². The SMILES string of the molecule is CCOc1ccc(NC(=O)[C@@H]2[C@H]3C(=O)N([C@@H](CO)Cc4ccccc4)C(C(=O)Nc4ccc5ccccc5c4)C34CC(C)[C@@]2(C)O4)cc1. The predicted octanol–water partition coefficient (Wildman–Crippen LogP) is 5.43. The largest absolute Gasteiger partial charge is 0.494 e. The highest BCUT2D eigenvalue weighted by Gasteiger charge is 2.80. The van der Waals surface area contributed by atoms with Crippen LogP contribution in [0.25, 0.3) is 10.8 Å². The number of fused-ring (bicyclic) bond motifs is 2. The minimum atomic E-state index is -1.27. The standard InChI is InChI=1S/C39H41N3O6/c1-4-47-31-18-16-28(17-19-31)40-35(44)32-33-37(46)42(30(23-43)20-25-10-6-5-7-11-25)34(39(33)22-24(2)38(32,3)48-39)36(45)41-29-15-14-26-12-8-9-13-27(26)21-29/h5-19,21,24,30,32-34,43H,4,20,22-23H2,1-3H3,(H,40,44)(H,41,45)/t24?,30-,32+,33+,34?,38-,39?/m1/s1. The van der Waals surface area contributed by atoms with E-state index in [0.717, 1.165) is 16.3 Å². The molecule has 7 atom stereocenters. The summed E-state index contributed by atoms with van der Waals surface area (Å²) in [5.74, 6) is -2.32. The van der Waals surface area contributed by atoms with Crippen molar-refractivity contribution in [1.29, 1.82) is 0 Å². The molecule has 1 spiro atoms. The third kappa shape index (κ3) is 5.22. The average Bonchev–Trinajstić information content (AvgIpc) is 3.61. The number of hydrogen-bond donors (Lipinski definition) is 3. The Morgan fingerprint density at radius 3 is 2.31 bits per heavy atom. The van der Waals surface area contributed by atoms with Gasteiger partial charge in [0.05, 0.1) is 36.7 Å². The van der Waals surface area contributed by atoms with Crippen molar-refractivity contribution in [2.75, 3.05) is 23.8 Å². The molecule has 3 N–H and O–H groups in total. The molecule has 3 saturated heterocycles. The van der Waals surface area contributed by atoms with E-state index < -0.39 is 41.0 Å². The molecule has 7 rings (SSSR count). The van der Waals surface area contributed by atoms with Crippen LogP contribution in [-0.4, -0.2) is 64.2 Å². The molecule has 0 aromatic heterocycles. The molecule has 3 fully saturated rings. The lowest BCUT2D eigenvalue weighted by atomic mass is 9.62. The van der Waals surface area contributed by atoms with Crippen LogP contribution < -0.4 is 15.4 Å². The first-order valence-electron chi connectivity index (χ1n) is 16.7. The van der Waals surface area contributed by atoms with Crippen molar-refractivity contribution in [1.82, 2.24) is 4.90 Å². The van der Waals surface area contributed by atoms with Crippen LogP contribution in [0.4, 0.5) is 11.4 Å². The van der Waals surface area contributed by atoms with Gasteiger partial charge in [0.2, 0.25) is 17.7 Å². The van der Waals surface area contributed by atoms with Gasteiger partial charge < -0.3 is 30.1 Å². The minimum Gasteiger partial charge on any atom is -0.494 e. The summed E-state index contributed by atoms with van der Waals surface area (Å²) in [6.45, 7) is 5.97. The molecule has 4 aromatic carbocycles. The second-order valence-electron chi connectivity index (χ2n) is 13.5. The van der Waals surface area contributed by atoms with Crippen molar-refractivity contribution in [3.8, 4) is 5.75 Å². The fraction of sp³-hybridized carbons (Fsp3) is 0.359. The summed E-state index contributed by atoms with van der Waals surface area (Å²) in [4.78, 5) is 45.1. The number of nitrogens with one attached hydrogen (secondary N) is 2. The van der Waals surface area contributed by atoms with E-state index >= 15 is 0 Å². The molecule has 9 heteroatoms. The Morgan fingerprint density at radius 1 is 0.938 bits per heavy atom. The second kappa shape index (κ2) is 12.4. The van der Waals surface area contributed by atoms with Gasteiger partial charge in [0.25, 0.3) is 0 Å². The summed E-state index contributed by atoms with van der Waals surface area (Å²) < 4.78 is 12.5. The van der Waals surface area contributed by atoms with E-state index in [2.05, 4.69) is 10.6 Å². The minimum absolute atomic E-state index is 0.129. The zero-order chi connectivity index (χ0) is 33.6. The number of likely N-dealkylation sites (tertiary alicyclic amines) is 1. The molecule has 2 bridgehead atoms. The fourth-order valence-electron chi connectivity index (χ4n) is 8.41.